The molecule has 0 radical (unpaired) electrons. The van der Waals surface area contributed by atoms with Crippen molar-refractivity contribution in [2.75, 3.05) is 13.7 Å². The summed E-state index contributed by atoms with van der Waals surface area (Å²) in [5.41, 5.74) is 0. The molecule has 2 saturated heterocycles. The van der Waals surface area contributed by atoms with Gasteiger partial charge in [-0.1, -0.05) is 0 Å². The summed E-state index contributed by atoms with van der Waals surface area (Å²) < 4.78 is 9.71. The van der Waals surface area contributed by atoms with Crippen molar-refractivity contribution in [2.24, 2.45) is 0 Å². The van der Waals surface area contributed by atoms with E-state index in [-0.39, 0.29) is 12.1 Å². The summed E-state index contributed by atoms with van der Waals surface area (Å²) in [5, 5.41) is 0. The van der Waals surface area contributed by atoms with Gasteiger partial charge in [-0.2, -0.15) is 0 Å². The van der Waals surface area contributed by atoms with Crippen LogP contribution in [0.3, 0.4) is 0 Å². The standard InChI is InChI=1S/C7H9NO4/c1-11-7(10)4-3-8-5(9)2-6(8)12-4/h4,6H,2-3H2,1H3. The molecule has 0 bridgehead atoms. The van der Waals surface area contributed by atoms with E-state index in [1.165, 1.54) is 7.11 Å². The Morgan fingerprint density at radius 1 is 1.75 bits per heavy atom. The lowest BCUT2D eigenvalue weighted by atomic mass is 10.2. The monoisotopic (exact) mass is 171 g/mol. The zero-order chi connectivity index (χ0) is 8.72. The van der Waals surface area contributed by atoms with Crippen LogP contribution in [0.1, 0.15) is 6.42 Å². The quantitative estimate of drug-likeness (QED) is 0.379. The highest BCUT2D eigenvalue weighted by molar-refractivity contribution is 5.85. The van der Waals surface area contributed by atoms with E-state index < -0.39 is 12.1 Å². The number of carbonyl (C=O) groups is 2. The maximum Gasteiger partial charge on any atom is 0.336 e. The van der Waals surface area contributed by atoms with Crippen molar-refractivity contribution in [3.63, 3.8) is 0 Å². The molecule has 2 rings (SSSR count). The van der Waals surface area contributed by atoms with E-state index in [2.05, 4.69) is 4.74 Å². The van der Waals surface area contributed by atoms with Crippen molar-refractivity contribution >= 4 is 11.9 Å². The van der Waals surface area contributed by atoms with Crippen LogP contribution in [0.5, 0.6) is 0 Å². The van der Waals surface area contributed by atoms with Gasteiger partial charge in [0, 0.05) is 0 Å². The maximum absolute atomic E-state index is 11.0. The number of fused-ring (bicyclic) bond motifs is 1. The molecule has 0 aromatic carbocycles. The predicted octanol–water partition coefficient (Wildman–Crippen LogP) is -0.883. The van der Waals surface area contributed by atoms with Gasteiger partial charge in [-0.05, 0) is 0 Å². The molecule has 2 unspecified atom stereocenters. The van der Waals surface area contributed by atoms with E-state index in [9.17, 15) is 9.59 Å². The Kier molecular flexibility index (Phi) is 1.54. The molecule has 5 nitrogen and oxygen atoms in total. The van der Waals surface area contributed by atoms with Crippen LogP contribution in [0.2, 0.25) is 0 Å². The molecule has 2 atom stereocenters. The van der Waals surface area contributed by atoms with Crippen molar-refractivity contribution in [2.45, 2.75) is 18.8 Å². The van der Waals surface area contributed by atoms with Gasteiger partial charge in [0.1, 0.15) is 6.23 Å². The molecular weight excluding hydrogens is 162 g/mol. The molecule has 1 amide bonds. The number of nitrogens with zero attached hydrogens (tertiary/aromatic N) is 1. The summed E-state index contributed by atoms with van der Waals surface area (Å²) >= 11 is 0. The van der Waals surface area contributed by atoms with Gasteiger partial charge in [-0.3, -0.25) is 4.79 Å². The third kappa shape index (κ3) is 0.896. The number of hydrogen-bond donors (Lipinski definition) is 0. The fraction of sp³-hybridized carbons (Fsp3) is 0.714. The second-order valence-electron chi connectivity index (χ2n) is 2.85. The zero-order valence-corrected chi connectivity index (χ0v) is 6.65. The second-order valence-corrected chi connectivity index (χ2v) is 2.85. The van der Waals surface area contributed by atoms with Crippen LogP contribution in [0, 0.1) is 0 Å². The smallest absolute Gasteiger partial charge is 0.336 e. The third-order valence-corrected chi connectivity index (χ3v) is 2.17. The minimum atomic E-state index is -0.577. The van der Waals surface area contributed by atoms with E-state index >= 15 is 0 Å². The van der Waals surface area contributed by atoms with Crippen LogP contribution < -0.4 is 0 Å². The van der Waals surface area contributed by atoms with Gasteiger partial charge in [0.25, 0.3) is 0 Å². The lowest BCUT2D eigenvalue weighted by molar-refractivity contribution is -0.163. The predicted molar refractivity (Wildman–Crippen MR) is 37.0 cm³/mol. The normalized spacial score (nSPS) is 32.8. The fourth-order valence-electron chi connectivity index (χ4n) is 1.44. The van der Waals surface area contributed by atoms with E-state index in [4.69, 9.17) is 4.74 Å². The Hall–Kier alpha value is -1.10. The van der Waals surface area contributed by atoms with Gasteiger partial charge >= 0.3 is 5.97 Å². The van der Waals surface area contributed by atoms with Crippen molar-refractivity contribution in [3.05, 3.63) is 0 Å². The molecule has 0 saturated carbocycles. The van der Waals surface area contributed by atoms with Gasteiger partial charge in [0.15, 0.2) is 6.10 Å². The summed E-state index contributed by atoms with van der Waals surface area (Å²) in [5.74, 6) is -0.358. The highest BCUT2D eigenvalue weighted by atomic mass is 16.6. The van der Waals surface area contributed by atoms with Gasteiger partial charge < -0.3 is 14.4 Å². The molecule has 0 aromatic heterocycles. The molecule has 12 heavy (non-hydrogen) atoms. The molecule has 0 aliphatic carbocycles. The highest BCUT2D eigenvalue weighted by Gasteiger charge is 2.47. The third-order valence-electron chi connectivity index (χ3n) is 2.17. The molecule has 0 aromatic rings. The summed E-state index contributed by atoms with van der Waals surface area (Å²) in [7, 11) is 1.31. The number of hydrogen-bond acceptors (Lipinski definition) is 4. The molecule has 2 aliphatic rings. The number of rotatable bonds is 1. The average molecular weight is 171 g/mol. The summed E-state index contributed by atoms with van der Waals surface area (Å²) in [6.07, 6.45) is -0.360. The van der Waals surface area contributed by atoms with Gasteiger partial charge in [-0.25, -0.2) is 4.79 Å². The number of β-lactam (4-membered cyclic amide) rings is 1. The van der Waals surface area contributed by atoms with Gasteiger partial charge in [-0.15, -0.1) is 0 Å². The van der Waals surface area contributed by atoms with Crippen LogP contribution in [-0.4, -0.2) is 42.8 Å². The Labute approximate surface area is 69.2 Å². The zero-order valence-electron chi connectivity index (χ0n) is 6.65. The first-order chi connectivity index (χ1) is 5.72. The van der Waals surface area contributed by atoms with Crippen molar-refractivity contribution < 1.29 is 19.1 Å². The number of methoxy groups -OCH3 is 1. The molecule has 0 spiro atoms. The van der Waals surface area contributed by atoms with Crippen LogP contribution in [0.15, 0.2) is 0 Å². The summed E-state index contributed by atoms with van der Waals surface area (Å²) in [4.78, 5) is 23.4. The molecule has 2 fully saturated rings. The fourth-order valence-corrected chi connectivity index (χ4v) is 1.44. The van der Waals surface area contributed by atoms with Crippen LogP contribution in [0.4, 0.5) is 0 Å². The minimum Gasteiger partial charge on any atom is -0.467 e. The van der Waals surface area contributed by atoms with Crippen LogP contribution in [-0.2, 0) is 19.1 Å². The molecule has 66 valence electrons. The molecule has 2 heterocycles. The molecule has 5 heteroatoms. The molecule has 2 aliphatic heterocycles. The van der Waals surface area contributed by atoms with Crippen LogP contribution in [0.25, 0.3) is 0 Å². The lowest BCUT2D eigenvalue weighted by Gasteiger charge is -2.31. The Morgan fingerprint density at radius 2 is 2.50 bits per heavy atom. The summed E-state index contributed by atoms with van der Waals surface area (Å²) in [6, 6.07) is 0. The number of esters is 1. The SMILES string of the molecule is COC(=O)C1CN2C(=O)CC2O1. The average Bonchev–Trinajstić information content (AvgIpc) is 2.41. The first-order valence-electron chi connectivity index (χ1n) is 3.75. The first-order valence-corrected chi connectivity index (χ1v) is 3.75. The topological polar surface area (TPSA) is 55.8 Å². The van der Waals surface area contributed by atoms with E-state index in [1.54, 1.807) is 4.90 Å². The molecule has 0 N–H and O–H groups in total. The number of carbonyl (C=O) groups excluding carboxylic acids is 2. The Morgan fingerprint density at radius 3 is 3.00 bits per heavy atom. The van der Waals surface area contributed by atoms with Crippen LogP contribution >= 0.6 is 0 Å². The number of amides is 1. The van der Waals surface area contributed by atoms with E-state index in [0.717, 1.165) is 0 Å². The molecular formula is C7H9NO4. The minimum absolute atomic E-state index is 0.0476. The van der Waals surface area contributed by atoms with Gasteiger partial charge in [0.2, 0.25) is 5.91 Å². The highest BCUT2D eigenvalue weighted by Crippen LogP contribution is 2.28. The van der Waals surface area contributed by atoms with Crippen molar-refractivity contribution in [1.29, 1.82) is 0 Å². The maximum atomic E-state index is 11.0. The van der Waals surface area contributed by atoms with Gasteiger partial charge in [0.05, 0.1) is 20.1 Å². The van der Waals surface area contributed by atoms with E-state index in [0.29, 0.717) is 13.0 Å². The number of ether oxygens (including phenoxy) is 2. The Bertz CT molecular complexity index is 240. The Balaban J connectivity index is 1.98. The van der Waals surface area contributed by atoms with Crippen molar-refractivity contribution in [3.8, 4) is 0 Å². The van der Waals surface area contributed by atoms with E-state index in [1.807, 2.05) is 0 Å². The second kappa shape index (κ2) is 2.45. The first kappa shape index (κ1) is 7.54. The summed E-state index contributed by atoms with van der Waals surface area (Å²) in [6.45, 7) is 0.343. The largest absolute Gasteiger partial charge is 0.467 e. The lowest BCUT2D eigenvalue weighted by Crippen LogP contribution is -2.48. The van der Waals surface area contributed by atoms with Crippen molar-refractivity contribution in [1.82, 2.24) is 4.90 Å².